The molecular formula is C16H27NS. The maximum Gasteiger partial charge on any atom is 0.0105 e. The van der Waals surface area contributed by atoms with Crippen LogP contribution in [0.5, 0.6) is 0 Å². The van der Waals surface area contributed by atoms with Gasteiger partial charge >= 0.3 is 0 Å². The average Bonchev–Trinajstić information content (AvgIpc) is 2.27. The Bertz CT molecular complexity index is 324. The van der Waals surface area contributed by atoms with Gasteiger partial charge < -0.3 is 4.90 Å². The predicted octanol–water partition coefficient (Wildman–Crippen LogP) is 4.47. The number of hydrogen-bond donors (Lipinski definition) is 0. The van der Waals surface area contributed by atoms with E-state index < -0.39 is 0 Å². The van der Waals surface area contributed by atoms with Gasteiger partial charge in [0.1, 0.15) is 0 Å². The van der Waals surface area contributed by atoms with Crippen LogP contribution < -0.4 is 0 Å². The Labute approximate surface area is 117 Å². The summed E-state index contributed by atoms with van der Waals surface area (Å²) >= 11 is 2.06. The van der Waals surface area contributed by atoms with E-state index >= 15 is 0 Å². The van der Waals surface area contributed by atoms with Crippen LogP contribution in [-0.2, 0) is 0 Å². The molecule has 2 aliphatic rings. The third-order valence-electron chi connectivity index (χ3n) is 3.87. The van der Waals surface area contributed by atoms with Crippen molar-refractivity contribution in [2.45, 2.75) is 46.0 Å². The Morgan fingerprint density at radius 2 is 1.94 bits per heavy atom. The van der Waals surface area contributed by atoms with Crippen LogP contribution in [0.15, 0.2) is 23.1 Å². The predicted molar refractivity (Wildman–Crippen MR) is 83.0 cm³/mol. The van der Waals surface area contributed by atoms with Crippen molar-refractivity contribution in [2.75, 3.05) is 25.4 Å². The summed E-state index contributed by atoms with van der Waals surface area (Å²) in [5.74, 6) is 1.25. The van der Waals surface area contributed by atoms with Crippen LogP contribution in [0.2, 0.25) is 0 Å². The van der Waals surface area contributed by atoms with E-state index in [-0.39, 0.29) is 0 Å². The van der Waals surface area contributed by atoms with Gasteiger partial charge in [0, 0.05) is 12.3 Å². The molecule has 18 heavy (non-hydrogen) atoms. The van der Waals surface area contributed by atoms with Gasteiger partial charge in [-0.25, -0.2) is 0 Å². The van der Waals surface area contributed by atoms with Gasteiger partial charge in [0.2, 0.25) is 0 Å². The van der Waals surface area contributed by atoms with Crippen molar-refractivity contribution >= 4 is 11.8 Å². The smallest absolute Gasteiger partial charge is 0.0105 e. The molecule has 1 aliphatic heterocycles. The molecule has 0 N–H and O–H groups in total. The molecule has 1 nitrogen and oxygen atoms in total. The van der Waals surface area contributed by atoms with Gasteiger partial charge in [-0.3, -0.25) is 0 Å². The van der Waals surface area contributed by atoms with Gasteiger partial charge in [0.05, 0.1) is 0 Å². The van der Waals surface area contributed by atoms with Crippen LogP contribution in [0.3, 0.4) is 0 Å². The molecule has 0 aromatic heterocycles. The van der Waals surface area contributed by atoms with E-state index in [1.54, 1.807) is 4.91 Å². The molecule has 0 aromatic rings. The number of thioether (sulfide) groups is 1. The fourth-order valence-electron chi connectivity index (χ4n) is 3.06. The summed E-state index contributed by atoms with van der Waals surface area (Å²) in [5.41, 5.74) is 1.73. The second kappa shape index (κ2) is 6.29. The van der Waals surface area contributed by atoms with Crippen molar-refractivity contribution in [1.29, 1.82) is 0 Å². The average molecular weight is 265 g/mol. The molecule has 0 bridgehead atoms. The lowest BCUT2D eigenvalue weighted by Crippen LogP contribution is -2.31. The molecule has 2 rings (SSSR count). The van der Waals surface area contributed by atoms with E-state index in [4.69, 9.17) is 0 Å². The quantitative estimate of drug-likeness (QED) is 0.738. The van der Waals surface area contributed by atoms with Crippen LogP contribution >= 0.6 is 11.8 Å². The minimum absolute atomic E-state index is 0.416. The zero-order valence-electron chi connectivity index (χ0n) is 12.0. The zero-order chi connectivity index (χ0) is 13.0. The van der Waals surface area contributed by atoms with Gasteiger partial charge in [0.15, 0.2) is 0 Å². The topological polar surface area (TPSA) is 3.24 Å². The lowest BCUT2D eigenvalue weighted by molar-refractivity contribution is 0.242. The van der Waals surface area contributed by atoms with Gasteiger partial charge in [-0.05, 0) is 49.1 Å². The van der Waals surface area contributed by atoms with E-state index in [0.29, 0.717) is 5.41 Å². The number of allylic oxidation sites excluding steroid dienone is 3. The van der Waals surface area contributed by atoms with E-state index in [2.05, 4.69) is 43.2 Å². The second-order valence-electron chi connectivity index (χ2n) is 6.54. The highest BCUT2D eigenvalue weighted by Crippen LogP contribution is 2.41. The molecule has 1 fully saturated rings. The Morgan fingerprint density at radius 3 is 2.61 bits per heavy atom. The van der Waals surface area contributed by atoms with E-state index in [1.807, 2.05) is 0 Å². The Balaban J connectivity index is 1.74. The Morgan fingerprint density at radius 1 is 1.22 bits per heavy atom. The Hall–Kier alpha value is -0.210. The highest BCUT2D eigenvalue weighted by molar-refractivity contribution is 8.03. The van der Waals surface area contributed by atoms with Crippen LogP contribution in [0.1, 0.15) is 46.0 Å². The number of nitrogens with zero attached hydrogens (tertiary/aromatic N) is 1. The summed E-state index contributed by atoms with van der Waals surface area (Å²) < 4.78 is 0. The third-order valence-corrected chi connectivity index (χ3v) is 4.89. The lowest BCUT2D eigenvalue weighted by Gasteiger charge is -2.31. The molecule has 0 saturated carbocycles. The van der Waals surface area contributed by atoms with Crippen molar-refractivity contribution in [3.63, 3.8) is 0 Å². The summed E-state index contributed by atoms with van der Waals surface area (Å²) in [6, 6.07) is 0. The fraction of sp³-hybridized carbons (Fsp3) is 0.750. The van der Waals surface area contributed by atoms with Crippen LogP contribution in [-0.4, -0.2) is 30.3 Å². The van der Waals surface area contributed by atoms with Crippen molar-refractivity contribution in [3.8, 4) is 0 Å². The highest BCUT2D eigenvalue weighted by atomic mass is 32.2. The number of hydrogen-bond acceptors (Lipinski definition) is 2. The molecule has 0 unspecified atom stereocenters. The van der Waals surface area contributed by atoms with E-state index in [1.165, 1.54) is 56.6 Å². The molecule has 0 radical (unpaired) electrons. The first-order valence-corrected chi connectivity index (χ1v) is 8.27. The molecule has 1 heterocycles. The summed E-state index contributed by atoms with van der Waals surface area (Å²) in [7, 11) is 0. The molecule has 1 saturated heterocycles. The van der Waals surface area contributed by atoms with Crippen LogP contribution in [0.25, 0.3) is 0 Å². The molecule has 0 amide bonds. The standard InChI is InChI=1S/C16H27NS/c1-14-11-15(13-16(2,3)12-14)18-10-9-17-7-5-4-6-8-17/h11H,1,4-10,12-13H2,2-3H3. The molecule has 102 valence electrons. The first-order chi connectivity index (χ1) is 8.55. The molecule has 0 atom stereocenters. The Kier molecular flexibility index (Phi) is 4.97. The monoisotopic (exact) mass is 265 g/mol. The molecule has 2 heteroatoms. The minimum Gasteiger partial charge on any atom is -0.303 e. The van der Waals surface area contributed by atoms with Gasteiger partial charge in [-0.1, -0.05) is 38.5 Å². The van der Waals surface area contributed by atoms with Crippen LogP contribution in [0, 0.1) is 5.41 Å². The third kappa shape index (κ3) is 4.47. The van der Waals surface area contributed by atoms with Gasteiger partial charge in [-0.2, -0.15) is 0 Å². The van der Waals surface area contributed by atoms with Gasteiger partial charge in [-0.15, -0.1) is 11.8 Å². The number of piperidine rings is 1. The first kappa shape index (κ1) is 14.2. The SMILES string of the molecule is C=C1C=C(SCCN2CCCCC2)CC(C)(C)C1. The largest absolute Gasteiger partial charge is 0.303 e. The zero-order valence-corrected chi connectivity index (χ0v) is 12.8. The van der Waals surface area contributed by atoms with E-state index in [9.17, 15) is 0 Å². The molecule has 0 aromatic carbocycles. The van der Waals surface area contributed by atoms with Crippen molar-refractivity contribution in [3.05, 3.63) is 23.1 Å². The number of rotatable bonds is 4. The lowest BCUT2D eigenvalue weighted by atomic mass is 9.79. The maximum absolute atomic E-state index is 4.16. The maximum atomic E-state index is 4.16. The molecule has 1 aliphatic carbocycles. The summed E-state index contributed by atoms with van der Waals surface area (Å²) in [6.45, 7) is 12.8. The molecule has 0 spiro atoms. The van der Waals surface area contributed by atoms with Gasteiger partial charge in [0.25, 0.3) is 0 Å². The van der Waals surface area contributed by atoms with E-state index in [0.717, 1.165) is 6.42 Å². The van der Waals surface area contributed by atoms with Crippen molar-refractivity contribution < 1.29 is 0 Å². The first-order valence-electron chi connectivity index (χ1n) is 7.29. The van der Waals surface area contributed by atoms with Crippen molar-refractivity contribution in [1.82, 2.24) is 4.90 Å². The molecular weight excluding hydrogens is 238 g/mol. The van der Waals surface area contributed by atoms with Crippen molar-refractivity contribution in [2.24, 2.45) is 5.41 Å². The summed E-state index contributed by atoms with van der Waals surface area (Å²) in [6.07, 6.45) is 8.95. The highest BCUT2D eigenvalue weighted by Gasteiger charge is 2.24. The number of likely N-dealkylation sites (tertiary alicyclic amines) is 1. The summed E-state index contributed by atoms with van der Waals surface area (Å²) in [5, 5.41) is 0. The van der Waals surface area contributed by atoms with Crippen LogP contribution in [0.4, 0.5) is 0 Å². The normalized spacial score (nSPS) is 25.0. The minimum atomic E-state index is 0.416. The summed E-state index contributed by atoms with van der Waals surface area (Å²) in [4.78, 5) is 4.17. The fourth-order valence-corrected chi connectivity index (χ4v) is 4.41. The second-order valence-corrected chi connectivity index (χ2v) is 7.76.